The van der Waals surface area contributed by atoms with Crippen molar-refractivity contribution in [3.63, 3.8) is 0 Å². The summed E-state index contributed by atoms with van der Waals surface area (Å²) in [5, 5.41) is 7.95. The molecular formula is C20H19BrF2N2O3S. The first-order valence-corrected chi connectivity index (χ1v) is 10.9. The fourth-order valence-corrected chi connectivity index (χ4v) is 4.62. The number of rotatable bonds is 8. The molecule has 0 saturated heterocycles. The van der Waals surface area contributed by atoms with E-state index in [1.165, 1.54) is 29.8 Å². The van der Waals surface area contributed by atoms with Crippen LogP contribution in [0, 0.1) is 5.92 Å². The summed E-state index contributed by atoms with van der Waals surface area (Å²) in [5.41, 5.74) is 0.954. The molecule has 1 heterocycles. The second-order valence-corrected chi connectivity index (χ2v) is 9.78. The quantitative estimate of drug-likeness (QED) is 0.586. The van der Waals surface area contributed by atoms with Crippen LogP contribution in [0.25, 0.3) is 0 Å². The van der Waals surface area contributed by atoms with E-state index in [1.54, 1.807) is 11.3 Å². The third-order valence-corrected chi connectivity index (χ3v) is 6.82. The molecule has 1 aromatic heterocycles. The van der Waals surface area contributed by atoms with Gasteiger partial charge in [0.25, 0.3) is 5.91 Å². The van der Waals surface area contributed by atoms with Crippen molar-refractivity contribution in [2.45, 2.75) is 37.3 Å². The zero-order valence-corrected chi connectivity index (χ0v) is 17.7. The van der Waals surface area contributed by atoms with E-state index in [0.717, 1.165) is 23.0 Å². The minimum absolute atomic E-state index is 0.00479. The Kier molecular flexibility index (Phi) is 5.61. The predicted octanol–water partition coefficient (Wildman–Crippen LogP) is 4.29. The summed E-state index contributed by atoms with van der Waals surface area (Å²) in [7, 11) is 0. The van der Waals surface area contributed by atoms with Crippen molar-refractivity contribution in [1.29, 1.82) is 0 Å². The Morgan fingerprint density at radius 2 is 2.10 bits per heavy atom. The largest absolute Gasteiger partial charge is 0.435 e. The van der Waals surface area contributed by atoms with Gasteiger partial charge in [-0.15, -0.1) is 11.3 Å². The van der Waals surface area contributed by atoms with Gasteiger partial charge in [-0.25, -0.2) is 0 Å². The van der Waals surface area contributed by atoms with Crippen LogP contribution in [0.5, 0.6) is 5.75 Å². The van der Waals surface area contributed by atoms with Crippen molar-refractivity contribution < 1.29 is 23.1 Å². The summed E-state index contributed by atoms with van der Waals surface area (Å²) in [6.07, 6.45) is 2.36. The third-order valence-electron chi connectivity index (χ3n) is 5.30. The van der Waals surface area contributed by atoms with Gasteiger partial charge in [-0.2, -0.15) is 8.78 Å². The Bertz CT molecular complexity index is 932. The van der Waals surface area contributed by atoms with E-state index in [2.05, 4.69) is 42.7 Å². The van der Waals surface area contributed by atoms with Gasteiger partial charge in [0, 0.05) is 18.0 Å². The molecule has 2 saturated carbocycles. The molecule has 1 aromatic carbocycles. The number of carbonyl (C=O) groups is 2. The smallest absolute Gasteiger partial charge is 0.387 e. The maximum Gasteiger partial charge on any atom is 0.387 e. The lowest BCUT2D eigenvalue weighted by molar-refractivity contribution is -0.122. The number of nitrogens with one attached hydrogen (secondary N) is 2. The Labute approximate surface area is 179 Å². The van der Waals surface area contributed by atoms with Crippen LogP contribution < -0.4 is 15.4 Å². The van der Waals surface area contributed by atoms with E-state index in [0.29, 0.717) is 6.54 Å². The highest BCUT2D eigenvalue weighted by Gasteiger charge is 2.48. The van der Waals surface area contributed by atoms with Crippen molar-refractivity contribution in [3.05, 3.63) is 50.6 Å². The maximum atomic E-state index is 12.5. The molecule has 29 heavy (non-hydrogen) atoms. The monoisotopic (exact) mass is 484 g/mol. The summed E-state index contributed by atoms with van der Waals surface area (Å²) in [6, 6.07) is 7.73. The molecule has 2 amide bonds. The predicted molar refractivity (Wildman–Crippen MR) is 108 cm³/mol. The number of thiophene rings is 1. The zero-order chi connectivity index (χ0) is 20.6. The van der Waals surface area contributed by atoms with Gasteiger partial charge >= 0.3 is 6.61 Å². The van der Waals surface area contributed by atoms with Crippen LogP contribution in [-0.4, -0.2) is 30.5 Å². The zero-order valence-electron chi connectivity index (χ0n) is 15.3. The van der Waals surface area contributed by atoms with Crippen molar-refractivity contribution >= 4 is 39.1 Å². The van der Waals surface area contributed by atoms with E-state index in [1.807, 2.05) is 0 Å². The number of halogens is 3. The van der Waals surface area contributed by atoms with Gasteiger partial charge in [0.05, 0.1) is 9.33 Å². The van der Waals surface area contributed by atoms with Gasteiger partial charge in [-0.3, -0.25) is 9.59 Å². The summed E-state index contributed by atoms with van der Waals surface area (Å²) in [6.45, 7) is -2.58. The number of hydrogen-bond donors (Lipinski definition) is 2. The van der Waals surface area contributed by atoms with Crippen LogP contribution in [0.15, 0.2) is 39.5 Å². The number of carbonyl (C=O) groups excluding carboxylic acids is 2. The average Bonchev–Trinajstić information content (AvgIpc) is 3.59. The van der Waals surface area contributed by atoms with Crippen molar-refractivity contribution in [2.24, 2.45) is 5.92 Å². The van der Waals surface area contributed by atoms with Gasteiger partial charge < -0.3 is 15.4 Å². The molecule has 0 radical (unpaired) electrons. The molecular weight excluding hydrogens is 466 g/mol. The Morgan fingerprint density at radius 3 is 2.76 bits per heavy atom. The van der Waals surface area contributed by atoms with Crippen LogP contribution in [0.3, 0.4) is 0 Å². The van der Waals surface area contributed by atoms with Crippen molar-refractivity contribution in [2.75, 3.05) is 6.54 Å². The molecule has 0 unspecified atom stereocenters. The topological polar surface area (TPSA) is 67.4 Å². The van der Waals surface area contributed by atoms with E-state index < -0.39 is 12.2 Å². The molecule has 2 fully saturated rings. The molecule has 2 aromatic rings. The summed E-state index contributed by atoms with van der Waals surface area (Å²) in [4.78, 5) is 25.0. The van der Waals surface area contributed by atoms with Crippen LogP contribution in [-0.2, 0) is 4.79 Å². The van der Waals surface area contributed by atoms with Crippen LogP contribution in [0.1, 0.15) is 41.1 Å². The third kappa shape index (κ3) is 4.95. The molecule has 2 aliphatic rings. The number of amides is 2. The van der Waals surface area contributed by atoms with E-state index >= 15 is 0 Å². The SMILES string of the molecule is O=C(NC1(CNC(=O)[C@@H]2C[C@H]2c2csc(Br)c2)CC1)c1cccc(OC(F)F)c1. The maximum absolute atomic E-state index is 12.5. The van der Waals surface area contributed by atoms with E-state index in [4.69, 9.17) is 0 Å². The minimum Gasteiger partial charge on any atom is -0.435 e. The summed E-state index contributed by atoms with van der Waals surface area (Å²) in [5.74, 6) is -0.189. The number of ether oxygens (including phenoxy) is 1. The lowest BCUT2D eigenvalue weighted by Crippen LogP contribution is -2.46. The highest BCUT2D eigenvalue weighted by atomic mass is 79.9. The van der Waals surface area contributed by atoms with Gasteiger partial charge in [0.15, 0.2) is 0 Å². The molecule has 2 atom stereocenters. The lowest BCUT2D eigenvalue weighted by atomic mass is 10.1. The molecule has 0 aliphatic heterocycles. The van der Waals surface area contributed by atoms with E-state index in [-0.39, 0.29) is 35.0 Å². The Balaban J connectivity index is 1.29. The highest BCUT2D eigenvalue weighted by Crippen LogP contribution is 2.49. The Hall–Kier alpha value is -2.00. The van der Waals surface area contributed by atoms with Crippen molar-refractivity contribution in [3.8, 4) is 5.75 Å². The molecule has 2 N–H and O–H groups in total. The standard InChI is InChI=1S/C20H19BrF2N2O3S/c21-16-7-12(9-29-16)14-8-15(14)18(27)24-10-20(4-5-20)25-17(26)11-2-1-3-13(6-11)28-19(22)23/h1-3,6-7,9,14-15,19H,4-5,8,10H2,(H,24,27)(H,25,26)/t14-,15+/m0/s1. The van der Waals surface area contributed by atoms with Crippen molar-refractivity contribution in [1.82, 2.24) is 10.6 Å². The normalized spacial score (nSPS) is 21.5. The van der Waals surface area contributed by atoms with Gasteiger partial charge in [-0.05, 0) is 76.3 Å². The van der Waals surface area contributed by atoms with Gasteiger partial charge in [0.1, 0.15) is 5.75 Å². The summed E-state index contributed by atoms with van der Waals surface area (Å²) >= 11 is 5.05. The van der Waals surface area contributed by atoms with Crippen LogP contribution >= 0.6 is 27.3 Å². The first-order valence-electron chi connectivity index (χ1n) is 9.24. The fourth-order valence-electron chi connectivity index (χ4n) is 3.38. The number of benzene rings is 1. The Morgan fingerprint density at radius 1 is 1.31 bits per heavy atom. The molecule has 5 nitrogen and oxygen atoms in total. The first-order chi connectivity index (χ1) is 13.8. The molecule has 2 aliphatic carbocycles. The number of hydrogen-bond acceptors (Lipinski definition) is 4. The second kappa shape index (κ2) is 8.02. The fraction of sp³-hybridized carbons (Fsp3) is 0.400. The summed E-state index contributed by atoms with van der Waals surface area (Å²) < 4.78 is 30.1. The van der Waals surface area contributed by atoms with Crippen LogP contribution in [0.2, 0.25) is 0 Å². The molecule has 4 rings (SSSR count). The molecule has 0 spiro atoms. The van der Waals surface area contributed by atoms with Gasteiger partial charge in [0.2, 0.25) is 5.91 Å². The highest BCUT2D eigenvalue weighted by molar-refractivity contribution is 9.11. The molecule has 154 valence electrons. The minimum atomic E-state index is -2.94. The first kappa shape index (κ1) is 20.3. The number of alkyl halides is 2. The average molecular weight is 485 g/mol. The molecule has 0 bridgehead atoms. The van der Waals surface area contributed by atoms with Gasteiger partial charge in [-0.1, -0.05) is 6.07 Å². The second-order valence-electron chi connectivity index (χ2n) is 7.49. The molecule has 9 heteroatoms. The van der Waals surface area contributed by atoms with Crippen LogP contribution in [0.4, 0.5) is 8.78 Å². The van der Waals surface area contributed by atoms with E-state index in [9.17, 15) is 18.4 Å². The lowest BCUT2D eigenvalue weighted by Gasteiger charge is -2.18.